The molecule has 0 atom stereocenters. The van der Waals surface area contributed by atoms with Crippen LogP contribution in [0.25, 0.3) is 4.91 Å². The van der Waals surface area contributed by atoms with Gasteiger partial charge in [0.1, 0.15) is 5.76 Å². The lowest BCUT2D eigenvalue weighted by molar-refractivity contribution is 0.0569. The van der Waals surface area contributed by atoms with Gasteiger partial charge in [-0.15, -0.1) is 11.8 Å². The van der Waals surface area contributed by atoms with Crippen LogP contribution >= 0.6 is 11.8 Å². The largest absolute Gasteiger partial charge is 0.480 e. The average Bonchev–Trinajstić information content (AvgIpc) is 2.70. The first kappa shape index (κ1) is 17.0. The fraction of sp³-hybridized carbons (Fsp3) is 0.167. The molecular weight excluding hydrogens is 336 g/mol. The van der Waals surface area contributed by atoms with Crippen LogP contribution in [0.15, 0.2) is 90.7 Å². The van der Waals surface area contributed by atoms with Crippen molar-refractivity contribution in [2.24, 2.45) is 0 Å². The molecule has 0 fully saturated rings. The van der Waals surface area contributed by atoms with Gasteiger partial charge in [0.15, 0.2) is 5.60 Å². The second-order valence-electron chi connectivity index (χ2n) is 6.70. The lowest BCUT2D eigenvalue weighted by Gasteiger charge is -2.39. The number of rotatable bonds is 3. The van der Waals surface area contributed by atoms with E-state index in [1.54, 1.807) is 0 Å². The Morgan fingerprint density at radius 2 is 1.27 bits per heavy atom. The molecule has 3 aromatic carbocycles. The van der Waals surface area contributed by atoms with Crippen LogP contribution in [0.1, 0.15) is 29.2 Å². The van der Waals surface area contributed by atoms with Gasteiger partial charge in [0, 0.05) is 16.9 Å². The van der Waals surface area contributed by atoms with Crippen molar-refractivity contribution in [2.45, 2.75) is 19.4 Å². The molecule has 0 unspecified atom stereocenters. The molecule has 3 aromatic rings. The lowest BCUT2D eigenvalue weighted by Crippen LogP contribution is -2.36. The molecular formula is C24H22OS. The zero-order valence-corrected chi connectivity index (χ0v) is 15.9. The highest BCUT2D eigenvalue weighted by atomic mass is 32.2. The molecule has 1 aliphatic rings. The van der Waals surface area contributed by atoms with E-state index in [-0.39, 0.29) is 0 Å². The molecule has 1 heterocycles. The summed E-state index contributed by atoms with van der Waals surface area (Å²) < 4.78 is 6.70. The monoisotopic (exact) mass is 358 g/mol. The molecule has 0 spiro atoms. The number of benzene rings is 3. The lowest BCUT2D eigenvalue weighted by atomic mass is 9.87. The topological polar surface area (TPSA) is 9.23 Å². The van der Waals surface area contributed by atoms with E-state index in [0.717, 1.165) is 11.5 Å². The summed E-state index contributed by atoms with van der Waals surface area (Å²) in [5.41, 5.74) is 4.44. The van der Waals surface area contributed by atoms with E-state index in [9.17, 15) is 0 Å². The van der Waals surface area contributed by atoms with E-state index >= 15 is 0 Å². The van der Waals surface area contributed by atoms with Crippen LogP contribution < -0.4 is 0 Å². The maximum Gasteiger partial charge on any atom is 0.168 e. The van der Waals surface area contributed by atoms with Crippen LogP contribution in [-0.2, 0) is 10.3 Å². The Morgan fingerprint density at radius 1 is 0.731 bits per heavy atom. The molecule has 0 saturated heterocycles. The van der Waals surface area contributed by atoms with Gasteiger partial charge in [-0.25, -0.2) is 0 Å². The third-order valence-electron chi connectivity index (χ3n) is 4.86. The van der Waals surface area contributed by atoms with Gasteiger partial charge in [0.25, 0.3) is 0 Å². The highest BCUT2D eigenvalue weighted by Gasteiger charge is 2.40. The van der Waals surface area contributed by atoms with Gasteiger partial charge in [-0.05, 0) is 19.4 Å². The maximum absolute atomic E-state index is 6.70. The van der Waals surface area contributed by atoms with Gasteiger partial charge in [0.2, 0.25) is 0 Å². The molecule has 0 aliphatic carbocycles. The van der Waals surface area contributed by atoms with E-state index in [1.165, 1.54) is 27.2 Å². The summed E-state index contributed by atoms with van der Waals surface area (Å²) in [6.45, 7) is 4.20. The normalized spacial score (nSPS) is 16.2. The van der Waals surface area contributed by atoms with Crippen molar-refractivity contribution in [3.63, 3.8) is 0 Å². The molecule has 26 heavy (non-hydrogen) atoms. The first-order chi connectivity index (χ1) is 12.7. The Kier molecular flexibility index (Phi) is 4.60. The third-order valence-corrected chi connectivity index (χ3v) is 6.22. The number of allylic oxidation sites excluding steroid dienone is 1. The van der Waals surface area contributed by atoms with E-state index < -0.39 is 5.60 Å². The van der Waals surface area contributed by atoms with Gasteiger partial charge in [-0.1, -0.05) is 90.5 Å². The molecule has 0 aromatic heterocycles. The Morgan fingerprint density at radius 3 is 1.77 bits per heavy atom. The van der Waals surface area contributed by atoms with Gasteiger partial charge in [-0.2, -0.15) is 0 Å². The number of thioether (sulfide) groups is 1. The minimum atomic E-state index is -0.453. The highest BCUT2D eigenvalue weighted by molar-refractivity contribution is 8.08. The summed E-state index contributed by atoms with van der Waals surface area (Å²) >= 11 is 1.88. The Bertz CT molecular complexity index is 872. The molecule has 0 radical (unpaired) electrons. The second kappa shape index (κ2) is 7.05. The van der Waals surface area contributed by atoms with Gasteiger partial charge in [-0.3, -0.25) is 0 Å². The Hall–Kier alpha value is -2.45. The predicted molar refractivity (Wildman–Crippen MR) is 111 cm³/mol. The molecule has 1 aliphatic heterocycles. The van der Waals surface area contributed by atoms with Crippen LogP contribution in [0.4, 0.5) is 0 Å². The average molecular weight is 359 g/mol. The third kappa shape index (κ3) is 3.06. The number of hydrogen-bond donors (Lipinski definition) is 0. The quantitative estimate of drug-likeness (QED) is 0.536. The smallest absolute Gasteiger partial charge is 0.168 e. The summed E-state index contributed by atoms with van der Waals surface area (Å²) in [6, 6.07) is 29.8. The van der Waals surface area contributed by atoms with Gasteiger partial charge < -0.3 is 4.74 Å². The molecule has 0 N–H and O–H groups in total. The first-order valence-corrected chi connectivity index (χ1v) is 9.88. The van der Waals surface area contributed by atoms with Crippen LogP contribution in [0.2, 0.25) is 0 Å². The second-order valence-corrected chi connectivity index (χ2v) is 7.69. The molecule has 0 amide bonds. The summed E-state index contributed by atoms with van der Waals surface area (Å²) in [7, 11) is 0. The van der Waals surface area contributed by atoms with Crippen LogP contribution in [0.5, 0.6) is 0 Å². The van der Waals surface area contributed by atoms with Gasteiger partial charge in [0.05, 0.1) is 4.91 Å². The molecule has 2 heteroatoms. The standard InChI is InChI=1S/C24H22OS/c1-18-13-15-20(16-14-18)23-19(2)25-24(17-26-23,21-9-5-3-6-10-21)22-11-7-4-8-12-22/h3-16H,17H2,1-2H3. The molecule has 0 saturated carbocycles. The number of aryl methyl sites for hydroxylation is 1. The zero-order valence-electron chi connectivity index (χ0n) is 15.1. The van der Waals surface area contributed by atoms with Crippen LogP contribution in [0, 0.1) is 6.92 Å². The molecule has 0 bridgehead atoms. The Balaban J connectivity index is 1.80. The summed E-state index contributed by atoms with van der Waals surface area (Å²) in [5.74, 6) is 1.83. The van der Waals surface area contributed by atoms with Crippen molar-refractivity contribution < 1.29 is 4.74 Å². The van der Waals surface area contributed by atoms with Crippen LogP contribution in [-0.4, -0.2) is 5.75 Å². The molecule has 130 valence electrons. The summed E-state index contributed by atoms with van der Waals surface area (Å²) in [6.07, 6.45) is 0. The van der Waals surface area contributed by atoms with Crippen molar-refractivity contribution >= 4 is 16.7 Å². The first-order valence-electron chi connectivity index (χ1n) is 8.90. The number of hydrogen-bond acceptors (Lipinski definition) is 2. The van der Waals surface area contributed by atoms with Crippen molar-refractivity contribution in [1.82, 2.24) is 0 Å². The number of ether oxygens (including phenoxy) is 1. The van der Waals surface area contributed by atoms with E-state index in [2.05, 4.69) is 98.8 Å². The summed E-state index contributed by atoms with van der Waals surface area (Å²) in [4.78, 5) is 1.23. The molecule has 1 nitrogen and oxygen atoms in total. The highest BCUT2D eigenvalue weighted by Crippen LogP contribution is 2.48. The predicted octanol–water partition coefficient (Wildman–Crippen LogP) is 6.39. The fourth-order valence-electron chi connectivity index (χ4n) is 3.47. The van der Waals surface area contributed by atoms with E-state index in [0.29, 0.717) is 0 Å². The SMILES string of the molecule is CC1=C(c2ccc(C)cc2)SCC(c2ccccc2)(c2ccccc2)O1. The molecule has 4 rings (SSSR count). The summed E-state index contributed by atoms with van der Waals surface area (Å²) in [5, 5.41) is 0. The van der Waals surface area contributed by atoms with Gasteiger partial charge >= 0.3 is 0 Å². The minimum absolute atomic E-state index is 0.453. The van der Waals surface area contributed by atoms with Crippen molar-refractivity contribution in [1.29, 1.82) is 0 Å². The minimum Gasteiger partial charge on any atom is -0.480 e. The van der Waals surface area contributed by atoms with E-state index in [4.69, 9.17) is 4.74 Å². The van der Waals surface area contributed by atoms with Crippen molar-refractivity contribution in [2.75, 3.05) is 5.75 Å². The van der Waals surface area contributed by atoms with Crippen molar-refractivity contribution in [3.8, 4) is 0 Å². The zero-order chi connectivity index (χ0) is 18.0. The fourth-order valence-corrected chi connectivity index (χ4v) is 4.76. The van der Waals surface area contributed by atoms with Crippen LogP contribution in [0.3, 0.4) is 0 Å². The maximum atomic E-state index is 6.70. The van der Waals surface area contributed by atoms with E-state index in [1.807, 2.05) is 11.8 Å². The van der Waals surface area contributed by atoms with Crippen molar-refractivity contribution in [3.05, 3.63) is 113 Å². The Labute approximate surface area is 159 Å².